The Morgan fingerprint density at radius 3 is 0.943 bits per heavy atom. The third-order valence-corrected chi connectivity index (χ3v) is 6.52. The van der Waals surface area contributed by atoms with Crippen molar-refractivity contribution in [2.75, 3.05) is 33.0 Å². The van der Waals surface area contributed by atoms with Gasteiger partial charge in [0, 0.05) is 10.7 Å². The number of halogens is 1. The summed E-state index contributed by atoms with van der Waals surface area (Å²) < 4.78 is 56.4. The fourth-order valence-electron chi connectivity index (χ4n) is 3.09. The molecule has 35 heavy (non-hydrogen) atoms. The summed E-state index contributed by atoms with van der Waals surface area (Å²) in [6.07, 6.45) is 8.39. The highest BCUT2D eigenvalue weighted by Gasteiger charge is 2.36. The van der Waals surface area contributed by atoms with E-state index in [-0.39, 0.29) is 27.9 Å². The summed E-state index contributed by atoms with van der Waals surface area (Å²) in [5.74, 6) is 0.793. The van der Waals surface area contributed by atoms with Crippen LogP contribution in [0, 0.1) is 0 Å². The van der Waals surface area contributed by atoms with Gasteiger partial charge in [-0.3, -0.25) is 0 Å². The fourth-order valence-corrected chi connectivity index (χ4v) is 4.26. The van der Waals surface area contributed by atoms with Gasteiger partial charge in [0.1, 0.15) is 0 Å². The molecule has 9 heteroatoms. The minimum absolute atomic E-state index is 0.0328. The van der Waals surface area contributed by atoms with Gasteiger partial charge in [-0.1, -0.05) is 66.7 Å². The van der Waals surface area contributed by atoms with Gasteiger partial charge in [-0.15, -0.1) is 0 Å². The molecule has 0 bridgehead atoms. The van der Waals surface area contributed by atoms with Gasteiger partial charge in [-0.25, -0.2) is 8.42 Å². The highest BCUT2D eigenvalue weighted by atomic mass is 35.7. The van der Waals surface area contributed by atoms with Crippen LogP contribution in [0.2, 0.25) is 0 Å². The number of rotatable bonds is 21. The lowest BCUT2D eigenvalue weighted by molar-refractivity contribution is 0.203. The number of unbranched alkanes of at least 4 members (excludes halogenated alkanes) is 5. The first kappa shape index (κ1) is 31.5. The molecule has 0 fully saturated rings. The normalized spacial score (nSPS) is 11.4. The number of ether oxygens (including phenoxy) is 5. The Labute approximate surface area is 217 Å². The third kappa shape index (κ3) is 10.5. The number of hydrogen-bond acceptors (Lipinski definition) is 7. The molecule has 0 aliphatic carbocycles. The van der Waals surface area contributed by atoms with Crippen molar-refractivity contribution in [2.45, 2.75) is 104 Å². The summed E-state index contributed by atoms with van der Waals surface area (Å²) in [5.41, 5.74) is 0. The van der Waals surface area contributed by atoms with E-state index in [4.69, 9.17) is 34.4 Å². The average molecular weight is 537 g/mol. The zero-order valence-corrected chi connectivity index (χ0v) is 23.8. The molecule has 0 atom stereocenters. The van der Waals surface area contributed by atoms with Gasteiger partial charge in [-0.05, 0) is 32.1 Å². The molecule has 0 spiro atoms. The molecule has 0 aliphatic heterocycles. The second-order valence-corrected chi connectivity index (χ2v) is 10.9. The van der Waals surface area contributed by atoms with Gasteiger partial charge in [0.15, 0.2) is 16.4 Å². The molecule has 0 aliphatic rings. The molecule has 1 aromatic carbocycles. The molecule has 0 radical (unpaired) electrons. The monoisotopic (exact) mass is 536 g/mol. The number of hydrogen-bond donors (Lipinski definition) is 0. The molecule has 7 nitrogen and oxygen atoms in total. The Balaban J connectivity index is 3.89. The van der Waals surface area contributed by atoms with Gasteiger partial charge in [0.05, 0.1) is 33.0 Å². The first-order valence-corrected chi connectivity index (χ1v) is 15.5. The van der Waals surface area contributed by atoms with Gasteiger partial charge >= 0.3 is 0 Å². The molecular formula is C26H45ClO7S. The SMILES string of the molecule is CCCCOc1c(OCCCC)c(OCCCC)c(S(=O)(=O)Cl)c(OCCCC)c1OCCCC. The van der Waals surface area contributed by atoms with E-state index in [0.717, 1.165) is 64.2 Å². The van der Waals surface area contributed by atoms with Crippen molar-refractivity contribution in [1.29, 1.82) is 0 Å². The van der Waals surface area contributed by atoms with Crippen LogP contribution in [0.3, 0.4) is 0 Å². The van der Waals surface area contributed by atoms with E-state index >= 15 is 0 Å². The maximum Gasteiger partial charge on any atom is 0.269 e. The second-order valence-electron chi connectivity index (χ2n) is 8.42. The molecule has 0 N–H and O–H groups in total. The predicted octanol–water partition coefficient (Wildman–Crippen LogP) is 7.51. The molecule has 1 aromatic rings. The Bertz CT molecular complexity index is 782. The van der Waals surface area contributed by atoms with Crippen LogP contribution in [0.5, 0.6) is 28.7 Å². The quantitative estimate of drug-likeness (QED) is 0.119. The van der Waals surface area contributed by atoms with Crippen molar-refractivity contribution in [3.8, 4) is 28.7 Å². The van der Waals surface area contributed by atoms with Crippen LogP contribution >= 0.6 is 10.7 Å². The lowest BCUT2D eigenvalue weighted by Crippen LogP contribution is -2.14. The van der Waals surface area contributed by atoms with Crippen LogP contribution in [0.25, 0.3) is 0 Å². The molecular weight excluding hydrogens is 492 g/mol. The Morgan fingerprint density at radius 1 is 0.486 bits per heavy atom. The molecule has 0 heterocycles. The van der Waals surface area contributed by atoms with Crippen molar-refractivity contribution >= 4 is 19.7 Å². The molecule has 0 saturated carbocycles. The Kier molecular flexibility index (Phi) is 16.0. The molecule has 0 amide bonds. The van der Waals surface area contributed by atoms with Crippen LogP contribution in [0.4, 0.5) is 0 Å². The highest BCUT2D eigenvalue weighted by molar-refractivity contribution is 8.14. The van der Waals surface area contributed by atoms with Crippen LogP contribution in [-0.2, 0) is 9.05 Å². The summed E-state index contributed by atoms with van der Waals surface area (Å²) in [6.45, 7) is 12.0. The molecule has 0 aromatic heterocycles. The minimum atomic E-state index is -4.28. The summed E-state index contributed by atoms with van der Waals surface area (Å²) >= 11 is 0. The largest absolute Gasteiger partial charge is 0.488 e. The van der Waals surface area contributed by atoms with Gasteiger partial charge in [0.25, 0.3) is 9.05 Å². The summed E-state index contributed by atoms with van der Waals surface area (Å²) in [4.78, 5) is -0.257. The maximum atomic E-state index is 12.9. The van der Waals surface area contributed by atoms with Crippen molar-refractivity contribution in [3.05, 3.63) is 0 Å². The van der Waals surface area contributed by atoms with Crippen molar-refractivity contribution in [3.63, 3.8) is 0 Å². The zero-order valence-electron chi connectivity index (χ0n) is 22.3. The average Bonchev–Trinajstić information content (AvgIpc) is 2.81. The first-order chi connectivity index (χ1) is 16.9. The first-order valence-electron chi connectivity index (χ1n) is 13.2. The van der Waals surface area contributed by atoms with Crippen LogP contribution in [-0.4, -0.2) is 41.5 Å². The summed E-state index contributed by atoms with van der Waals surface area (Å²) in [5, 5.41) is 0. The Morgan fingerprint density at radius 2 is 0.714 bits per heavy atom. The van der Waals surface area contributed by atoms with Gasteiger partial charge in [0.2, 0.25) is 17.2 Å². The molecule has 1 rings (SSSR count). The Hall–Kier alpha value is -1.54. The maximum absolute atomic E-state index is 12.9. The molecule has 0 saturated heterocycles. The van der Waals surface area contributed by atoms with E-state index in [1.54, 1.807) is 0 Å². The highest BCUT2D eigenvalue weighted by Crippen LogP contribution is 2.56. The van der Waals surface area contributed by atoms with E-state index in [1.807, 2.05) is 13.8 Å². The van der Waals surface area contributed by atoms with Crippen molar-refractivity contribution in [2.24, 2.45) is 0 Å². The third-order valence-electron chi connectivity index (χ3n) is 5.20. The topological polar surface area (TPSA) is 80.3 Å². The predicted molar refractivity (Wildman–Crippen MR) is 141 cm³/mol. The smallest absolute Gasteiger partial charge is 0.269 e. The zero-order chi connectivity index (χ0) is 26.1. The van der Waals surface area contributed by atoms with E-state index in [1.165, 1.54) is 0 Å². The van der Waals surface area contributed by atoms with E-state index in [9.17, 15) is 8.42 Å². The van der Waals surface area contributed by atoms with E-state index < -0.39 is 9.05 Å². The lowest BCUT2D eigenvalue weighted by atomic mass is 10.2. The molecule has 204 valence electrons. The van der Waals surface area contributed by atoms with Crippen LogP contribution in [0.15, 0.2) is 4.90 Å². The van der Waals surface area contributed by atoms with Crippen LogP contribution < -0.4 is 23.7 Å². The fraction of sp³-hybridized carbons (Fsp3) is 0.769. The van der Waals surface area contributed by atoms with Crippen molar-refractivity contribution in [1.82, 2.24) is 0 Å². The number of benzene rings is 1. The molecule has 0 unspecified atom stereocenters. The van der Waals surface area contributed by atoms with Crippen molar-refractivity contribution < 1.29 is 32.1 Å². The standard InChI is InChI=1S/C26H45ClO7S/c1-6-11-16-30-21-22(31-17-12-7-2)24(33-19-14-9-4)26(35(27,28)29)25(34-20-15-10-5)23(21)32-18-13-8-3/h6-20H2,1-5H3. The summed E-state index contributed by atoms with van der Waals surface area (Å²) in [6, 6.07) is 0. The second kappa shape index (κ2) is 17.8. The summed E-state index contributed by atoms with van der Waals surface area (Å²) in [7, 11) is 1.72. The van der Waals surface area contributed by atoms with E-state index in [2.05, 4.69) is 20.8 Å². The van der Waals surface area contributed by atoms with Crippen LogP contribution in [0.1, 0.15) is 98.8 Å². The lowest BCUT2D eigenvalue weighted by Gasteiger charge is -2.25. The van der Waals surface area contributed by atoms with E-state index in [0.29, 0.717) is 38.8 Å². The van der Waals surface area contributed by atoms with Gasteiger partial charge < -0.3 is 23.7 Å². The minimum Gasteiger partial charge on any atom is -0.488 e. The van der Waals surface area contributed by atoms with Gasteiger partial charge in [-0.2, -0.15) is 0 Å².